The average molecular weight is 314 g/mol. The zero-order chi connectivity index (χ0) is 17.4. The van der Waals surface area contributed by atoms with Gasteiger partial charge in [-0.1, -0.05) is 23.8 Å². The van der Waals surface area contributed by atoms with Crippen molar-refractivity contribution in [1.29, 1.82) is 0 Å². The van der Waals surface area contributed by atoms with Gasteiger partial charge < -0.3 is 5.73 Å². The van der Waals surface area contributed by atoms with E-state index in [-0.39, 0.29) is 0 Å². The minimum absolute atomic E-state index is 0.561. The first kappa shape index (κ1) is 17.5. The van der Waals surface area contributed by atoms with Crippen molar-refractivity contribution in [3.8, 4) is 23.7 Å². The third kappa shape index (κ3) is 5.13. The van der Waals surface area contributed by atoms with Crippen LogP contribution in [0.1, 0.15) is 40.3 Å². The van der Waals surface area contributed by atoms with Gasteiger partial charge in [-0.25, -0.2) is 0 Å². The van der Waals surface area contributed by atoms with Gasteiger partial charge in [-0.3, -0.25) is 4.99 Å². The van der Waals surface area contributed by atoms with E-state index in [0.29, 0.717) is 13.1 Å². The van der Waals surface area contributed by atoms with Gasteiger partial charge >= 0.3 is 0 Å². The SMILES string of the molecule is CC#Cc1cc(C)cc(C#Cc2ccc(C)c(C=NCCN)c2)c1. The summed E-state index contributed by atoms with van der Waals surface area (Å²) >= 11 is 0. The summed E-state index contributed by atoms with van der Waals surface area (Å²) in [6.07, 6.45) is 1.87. The Hall–Kier alpha value is -2.81. The third-order valence-electron chi connectivity index (χ3n) is 3.47. The summed E-state index contributed by atoms with van der Waals surface area (Å²) < 4.78 is 0. The molecule has 24 heavy (non-hydrogen) atoms. The van der Waals surface area contributed by atoms with Gasteiger partial charge in [0.15, 0.2) is 0 Å². The molecule has 0 aliphatic heterocycles. The van der Waals surface area contributed by atoms with Crippen molar-refractivity contribution in [2.75, 3.05) is 13.1 Å². The van der Waals surface area contributed by atoms with Crippen LogP contribution in [0.2, 0.25) is 0 Å². The molecule has 120 valence electrons. The van der Waals surface area contributed by atoms with Crippen LogP contribution in [0.25, 0.3) is 0 Å². The maximum Gasteiger partial charge on any atom is 0.0512 e. The average Bonchev–Trinajstić information content (AvgIpc) is 2.55. The van der Waals surface area contributed by atoms with Crippen LogP contribution in [-0.2, 0) is 0 Å². The van der Waals surface area contributed by atoms with Crippen LogP contribution in [0.4, 0.5) is 0 Å². The highest BCUT2D eigenvalue weighted by Gasteiger charge is 1.97. The zero-order valence-corrected chi connectivity index (χ0v) is 14.5. The molecule has 0 aliphatic carbocycles. The number of nitrogens with zero attached hydrogens (tertiary/aromatic N) is 1. The first-order valence-corrected chi connectivity index (χ1v) is 7.99. The number of benzene rings is 2. The maximum absolute atomic E-state index is 5.47. The molecule has 0 amide bonds. The number of aliphatic imine (C=N–C) groups is 1. The smallest absolute Gasteiger partial charge is 0.0512 e. The second-order valence-corrected chi connectivity index (χ2v) is 5.61. The number of hydrogen-bond donors (Lipinski definition) is 1. The van der Waals surface area contributed by atoms with Crippen molar-refractivity contribution in [1.82, 2.24) is 0 Å². The molecule has 2 N–H and O–H groups in total. The summed E-state index contributed by atoms with van der Waals surface area (Å²) in [5, 5.41) is 0. The Bertz CT molecular complexity index is 868. The Balaban J connectivity index is 2.30. The quantitative estimate of drug-likeness (QED) is 0.684. The molecule has 2 aromatic rings. The lowest BCUT2D eigenvalue weighted by Gasteiger charge is -2.01. The molecule has 0 aliphatic rings. The lowest BCUT2D eigenvalue weighted by molar-refractivity contribution is 0.980. The molecule has 0 atom stereocenters. The number of aryl methyl sites for hydroxylation is 2. The highest BCUT2D eigenvalue weighted by atomic mass is 14.7. The lowest BCUT2D eigenvalue weighted by Crippen LogP contribution is -2.02. The van der Waals surface area contributed by atoms with E-state index in [2.05, 4.69) is 66.8 Å². The van der Waals surface area contributed by atoms with Gasteiger partial charge in [-0.15, -0.1) is 5.92 Å². The zero-order valence-electron chi connectivity index (χ0n) is 14.5. The van der Waals surface area contributed by atoms with Crippen LogP contribution in [0.5, 0.6) is 0 Å². The van der Waals surface area contributed by atoms with E-state index in [1.165, 1.54) is 5.56 Å². The minimum Gasteiger partial charge on any atom is -0.329 e. The molecule has 0 spiro atoms. The molecule has 2 heteroatoms. The first-order valence-electron chi connectivity index (χ1n) is 7.99. The number of nitrogens with two attached hydrogens (primary N) is 1. The number of rotatable bonds is 3. The van der Waals surface area contributed by atoms with Crippen LogP contribution in [0.3, 0.4) is 0 Å². The maximum atomic E-state index is 5.47. The molecule has 2 rings (SSSR count). The summed E-state index contributed by atoms with van der Waals surface area (Å²) in [7, 11) is 0. The van der Waals surface area contributed by atoms with Crippen LogP contribution >= 0.6 is 0 Å². The second kappa shape index (κ2) is 8.73. The largest absolute Gasteiger partial charge is 0.329 e. The Labute approximate surface area is 144 Å². The molecular formula is C22H22N2. The van der Waals surface area contributed by atoms with Crippen LogP contribution in [-0.4, -0.2) is 19.3 Å². The topological polar surface area (TPSA) is 38.4 Å². The predicted molar refractivity (Wildman–Crippen MR) is 102 cm³/mol. The molecular weight excluding hydrogens is 292 g/mol. The second-order valence-electron chi connectivity index (χ2n) is 5.61. The normalized spacial score (nSPS) is 10.0. The van der Waals surface area contributed by atoms with Crippen molar-refractivity contribution in [2.24, 2.45) is 10.7 Å². The van der Waals surface area contributed by atoms with Crippen LogP contribution in [0.15, 0.2) is 41.4 Å². The fourth-order valence-electron chi connectivity index (χ4n) is 2.31. The van der Waals surface area contributed by atoms with Gasteiger partial charge in [-0.2, -0.15) is 0 Å². The van der Waals surface area contributed by atoms with Gasteiger partial charge in [0.05, 0.1) is 6.54 Å². The Morgan fingerprint density at radius 3 is 2.38 bits per heavy atom. The van der Waals surface area contributed by atoms with Crippen LogP contribution < -0.4 is 5.73 Å². The summed E-state index contributed by atoms with van der Waals surface area (Å²) in [5.41, 5.74) is 11.8. The van der Waals surface area contributed by atoms with Gasteiger partial charge in [0.1, 0.15) is 0 Å². The van der Waals surface area contributed by atoms with E-state index in [4.69, 9.17) is 5.73 Å². The minimum atomic E-state index is 0.561. The summed E-state index contributed by atoms with van der Waals surface area (Å²) in [6, 6.07) is 12.3. The van der Waals surface area contributed by atoms with E-state index >= 15 is 0 Å². The van der Waals surface area contributed by atoms with Crippen molar-refractivity contribution in [3.63, 3.8) is 0 Å². The van der Waals surface area contributed by atoms with Crippen molar-refractivity contribution < 1.29 is 0 Å². The Morgan fingerprint density at radius 2 is 1.67 bits per heavy atom. The van der Waals surface area contributed by atoms with Crippen molar-refractivity contribution in [2.45, 2.75) is 20.8 Å². The van der Waals surface area contributed by atoms with Crippen LogP contribution in [0, 0.1) is 37.5 Å². The molecule has 0 bridgehead atoms. The van der Waals surface area contributed by atoms with Gasteiger partial charge in [-0.05, 0) is 67.8 Å². The third-order valence-corrected chi connectivity index (χ3v) is 3.47. The van der Waals surface area contributed by atoms with Gasteiger partial charge in [0.25, 0.3) is 0 Å². The Kier molecular flexibility index (Phi) is 6.38. The summed E-state index contributed by atoms with van der Waals surface area (Å²) in [5.74, 6) is 12.5. The molecule has 0 fully saturated rings. The van der Waals surface area contributed by atoms with E-state index in [1.807, 2.05) is 25.3 Å². The molecule has 0 saturated carbocycles. The summed E-state index contributed by atoms with van der Waals surface area (Å²) in [6.45, 7) is 7.17. The molecule has 0 radical (unpaired) electrons. The molecule has 0 heterocycles. The highest BCUT2D eigenvalue weighted by molar-refractivity contribution is 5.82. The fraction of sp³-hybridized carbons (Fsp3) is 0.227. The van der Waals surface area contributed by atoms with Gasteiger partial charge in [0, 0.05) is 29.4 Å². The molecule has 0 unspecified atom stereocenters. The first-order chi connectivity index (χ1) is 11.6. The fourth-order valence-corrected chi connectivity index (χ4v) is 2.31. The Morgan fingerprint density at radius 1 is 0.958 bits per heavy atom. The summed E-state index contributed by atoms with van der Waals surface area (Å²) in [4.78, 5) is 4.31. The van der Waals surface area contributed by atoms with E-state index < -0.39 is 0 Å². The van der Waals surface area contributed by atoms with Crippen molar-refractivity contribution in [3.05, 3.63) is 69.8 Å². The predicted octanol–water partition coefficient (Wildman–Crippen LogP) is 3.45. The molecule has 2 nitrogen and oxygen atoms in total. The monoisotopic (exact) mass is 314 g/mol. The van der Waals surface area contributed by atoms with Gasteiger partial charge in [0.2, 0.25) is 0 Å². The standard InChI is InChI=1S/C22H22N2/c1-4-5-20-12-17(2)13-21(14-20)9-8-19-7-6-18(3)22(15-19)16-24-11-10-23/h6-7,12-16H,10-11,23H2,1-3H3. The highest BCUT2D eigenvalue weighted by Crippen LogP contribution is 2.11. The number of hydrogen-bond acceptors (Lipinski definition) is 2. The molecule has 0 saturated heterocycles. The molecule has 0 aromatic heterocycles. The lowest BCUT2D eigenvalue weighted by atomic mass is 10.0. The van der Waals surface area contributed by atoms with E-state index in [1.54, 1.807) is 0 Å². The van der Waals surface area contributed by atoms with E-state index in [0.717, 1.165) is 27.8 Å². The van der Waals surface area contributed by atoms with Crippen molar-refractivity contribution >= 4 is 6.21 Å². The van der Waals surface area contributed by atoms with E-state index in [9.17, 15) is 0 Å². The molecule has 2 aromatic carbocycles.